The highest BCUT2D eigenvalue weighted by Crippen LogP contribution is 2.36. The summed E-state index contributed by atoms with van der Waals surface area (Å²) < 4.78 is 10.9. The van der Waals surface area contributed by atoms with Crippen LogP contribution in [0.1, 0.15) is 22.8 Å². The third-order valence-corrected chi connectivity index (χ3v) is 3.22. The number of nitrogens with one attached hydrogen (secondary N) is 1. The molecule has 2 rings (SSSR count). The zero-order valence-electron chi connectivity index (χ0n) is 13.5. The maximum atomic E-state index is 11.9. The molecule has 0 aliphatic rings. The number of amides is 1. The number of pyridine rings is 1. The zero-order chi connectivity index (χ0) is 18.1. The van der Waals surface area contributed by atoms with E-state index in [0.29, 0.717) is 34.3 Å². The van der Waals surface area contributed by atoms with Crippen LogP contribution in [0.15, 0.2) is 41.8 Å². The van der Waals surface area contributed by atoms with Crippen LogP contribution < -0.4 is 14.9 Å². The SMILES string of the molecule is C#CCOc1c(Cl)cc(C=NNC(=O)c2cccnc2)cc1OCC. The van der Waals surface area contributed by atoms with Crippen LogP contribution in [0.25, 0.3) is 0 Å². The van der Waals surface area contributed by atoms with Crippen LogP contribution in [0.3, 0.4) is 0 Å². The highest BCUT2D eigenvalue weighted by Gasteiger charge is 2.12. The van der Waals surface area contributed by atoms with Crippen LogP contribution >= 0.6 is 11.6 Å². The summed E-state index contributed by atoms with van der Waals surface area (Å²) in [6.45, 7) is 2.35. The largest absolute Gasteiger partial charge is 0.490 e. The quantitative estimate of drug-likeness (QED) is 0.470. The third-order valence-electron chi connectivity index (χ3n) is 2.93. The van der Waals surface area contributed by atoms with Gasteiger partial charge in [0.25, 0.3) is 5.91 Å². The molecule has 0 aliphatic heterocycles. The van der Waals surface area contributed by atoms with Gasteiger partial charge in [0.2, 0.25) is 0 Å². The minimum atomic E-state index is -0.366. The van der Waals surface area contributed by atoms with Crippen molar-refractivity contribution < 1.29 is 14.3 Å². The number of halogens is 1. The van der Waals surface area contributed by atoms with Crippen molar-refractivity contribution in [2.45, 2.75) is 6.92 Å². The van der Waals surface area contributed by atoms with Crippen LogP contribution in [0.5, 0.6) is 11.5 Å². The Morgan fingerprint density at radius 3 is 3.00 bits per heavy atom. The molecule has 128 valence electrons. The smallest absolute Gasteiger partial charge is 0.272 e. The summed E-state index contributed by atoms with van der Waals surface area (Å²) in [7, 11) is 0. The fourth-order valence-corrected chi connectivity index (χ4v) is 2.18. The van der Waals surface area contributed by atoms with Gasteiger partial charge in [-0.25, -0.2) is 5.43 Å². The van der Waals surface area contributed by atoms with Crippen molar-refractivity contribution in [3.8, 4) is 23.8 Å². The van der Waals surface area contributed by atoms with Gasteiger partial charge in [-0.2, -0.15) is 5.10 Å². The van der Waals surface area contributed by atoms with Gasteiger partial charge in [0, 0.05) is 12.4 Å². The second-order valence-electron chi connectivity index (χ2n) is 4.70. The molecule has 0 fully saturated rings. The minimum absolute atomic E-state index is 0.0778. The summed E-state index contributed by atoms with van der Waals surface area (Å²) in [5, 5.41) is 4.25. The first-order chi connectivity index (χ1) is 12.2. The first-order valence-corrected chi connectivity index (χ1v) is 7.79. The van der Waals surface area contributed by atoms with E-state index in [-0.39, 0.29) is 12.5 Å². The molecule has 0 saturated carbocycles. The van der Waals surface area contributed by atoms with Crippen molar-refractivity contribution in [1.29, 1.82) is 0 Å². The first-order valence-electron chi connectivity index (χ1n) is 7.41. The van der Waals surface area contributed by atoms with Gasteiger partial charge < -0.3 is 9.47 Å². The summed E-state index contributed by atoms with van der Waals surface area (Å²) in [4.78, 5) is 15.8. The molecule has 0 atom stereocenters. The number of carbonyl (C=O) groups excluding carboxylic acids is 1. The Morgan fingerprint density at radius 1 is 1.48 bits per heavy atom. The molecule has 7 heteroatoms. The number of hydrogen-bond donors (Lipinski definition) is 1. The molecule has 0 saturated heterocycles. The minimum Gasteiger partial charge on any atom is -0.490 e. The molecule has 6 nitrogen and oxygen atoms in total. The predicted octanol–water partition coefficient (Wildman–Crippen LogP) is 2.91. The Labute approximate surface area is 150 Å². The first kappa shape index (κ1) is 18.3. The van der Waals surface area contributed by atoms with Crippen LogP contribution in [-0.2, 0) is 0 Å². The number of carbonyl (C=O) groups is 1. The van der Waals surface area contributed by atoms with Gasteiger partial charge in [-0.15, -0.1) is 6.42 Å². The Morgan fingerprint density at radius 2 is 2.32 bits per heavy atom. The Balaban J connectivity index is 2.13. The van der Waals surface area contributed by atoms with Gasteiger partial charge in [-0.05, 0) is 36.8 Å². The van der Waals surface area contributed by atoms with Crippen LogP contribution in [0.2, 0.25) is 5.02 Å². The summed E-state index contributed by atoms with van der Waals surface area (Å²) in [6.07, 6.45) is 9.69. The molecular weight excluding hydrogens is 342 g/mol. The van der Waals surface area contributed by atoms with Gasteiger partial charge in [-0.1, -0.05) is 17.5 Å². The van der Waals surface area contributed by atoms with Gasteiger partial charge in [0.1, 0.15) is 6.61 Å². The van der Waals surface area contributed by atoms with E-state index < -0.39 is 0 Å². The fourth-order valence-electron chi connectivity index (χ4n) is 1.91. The maximum Gasteiger partial charge on any atom is 0.272 e. The van der Waals surface area contributed by atoms with E-state index >= 15 is 0 Å². The maximum absolute atomic E-state index is 11.9. The van der Waals surface area contributed by atoms with E-state index in [9.17, 15) is 4.79 Å². The normalized spacial score (nSPS) is 10.3. The lowest BCUT2D eigenvalue weighted by atomic mass is 10.2. The Hall–Kier alpha value is -3.04. The molecular formula is C18H16ClN3O3. The number of rotatable bonds is 7. The molecule has 1 heterocycles. The highest BCUT2D eigenvalue weighted by molar-refractivity contribution is 6.32. The van der Waals surface area contributed by atoms with Crippen molar-refractivity contribution in [3.05, 3.63) is 52.8 Å². The van der Waals surface area contributed by atoms with Crippen LogP contribution in [0, 0.1) is 12.3 Å². The number of benzene rings is 1. The molecule has 0 unspecified atom stereocenters. The standard InChI is InChI=1S/C18H16ClN3O3/c1-3-8-25-17-15(19)9-13(10-16(17)24-4-2)11-21-22-18(23)14-6-5-7-20-12-14/h1,5-7,9-12H,4,8H2,2H3,(H,22,23). The second kappa shape index (κ2) is 9.30. The molecule has 1 aromatic carbocycles. The molecule has 1 aromatic heterocycles. The Bertz CT molecular complexity index is 801. The zero-order valence-corrected chi connectivity index (χ0v) is 14.3. The number of aromatic nitrogens is 1. The lowest BCUT2D eigenvalue weighted by Gasteiger charge is -2.12. The number of hydrazone groups is 1. The summed E-state index contributed by atoms with van der Waals surface area (Å²) in [5.74, 6) is 2.83. The number of ether oxygens (including phenoxy) is 2. The summed E-state index contributed by atoms with van der Waals surface area (Å²) >= 11 is 6.21. The average Bonchev–Trinajstić information content (AvgIpc) is 2.62. The van der Waals surface area contributed by atoms with E-state index in [1.165, 1.54) is 12.4 Å². The van der Waals surface area contributed by atoms with E-state index in [0.717, 1.165) is 0 Å². The van der Waals surface area contributed by atoms with Crippen molar-refractivity contribution in [3.63, 3.8) is 0 Å². The molecule has 0 spiro atoms. The number of hydrogen-bond acceptors (Lipinski definition) is 5. The highest BCUT2D eigenvalue weighted by atomic mass is 35.5. The molecule has 0 aliphatic carbocycles. The van der Waals surface area contributed by atoms with Crippen molar-refractivity contribution in [2.24, 2.45) is 5.10 Å². The second-order valence-corrected chi connectivity index (χ2v) is 5.10. The van der Waals surface area contributed by atoms with E-state index in [2.05, 4.69) is 21.4 Å². The summed E-state index contributed by atoms with van der Waals surface area (Å²) in [5.41, 5.74) is 3.46. The Kier molecular flexibility index (Phi) is 6.81. The molecule has 0 radical (unpaired) electrons. The van der Waals surface area contributed by atoms with Gasteiger partial charge >= 0.3 is 0 Å². The monoisotopic (exact) mass is 357 g/mol. The molecule has 2 aromatic rings. The third kappa shape index (κ3) is 5.23. The van der Waals surface area contributed by atoms with Crippen LogP contribution in [0.4, 0.5) is 0 Å². The lowest BCUT2D eigenvalue weighted by molar-refractivity contribution is 0.0955. The predicted molar refractivity (Wildman–Crippen MR) is 96.2 cm³/mol. The van der Waals surface area contributed by atoms with E-state index in [1.54, 1.807) is 30.5 Å². The van der Waals surface area contributed by atoms with Gasteiger partial charge in [0.15, 0.2) is 11.5 Å². The van der Waals surface area contributed by atoms with E-state index in [4.69, 9.17) is 27.5 Å². The molecule has 1 amide bonds. The number of terminal acetylenes is 1. The molecule has 25 heavy (non-hydrogen) atoms. The van der Waals surface area contributed by atoms with E-state index in [1.807, 2.05) is 6.92 Å². The molecule has 0 bridgehead atoms. The van der Waals surface area contributed by atoms with Crippen molar-refractivity contribution >= 4 is 23.7 Å². The molecule has 1 N–H and O–H groups in total. The van der Waals surface area contributed by atoms with Crippen molar-refractivity contribution in [2.75, 3.05) is 13.2 Å². The average molecular weight is 358 g/mol. The summed E-state index contributed by atoms with van der Waals surface area (Å²) in [6, 6.07) is 6.64. The van der Waals surface area contributed by atoms with Crippen LogP contribution in [-0.4, -0.2) is 30.3 Å². The number of nitrogens with zero attached hydrogens (tertiary/aromatic N) is 2. The van der Waals surface area contributed by atoms with Crippen molar-refractivity contribution in [1.82, 2.24) is 10.4 Å². The van der Waals surface area contributed by atoms with Gasteiger partial charge in [-0.3, -0.25) is 9.78 Å². The topological polar surface area (TPSA) is 72.8 Å². The lowest BCUT2D eigenvalue weighted by Crippen LogP contribution is -2.17. The van der Waals surface area contributed by atoms with Gasteiger partial charge in [0.05, 0.1) is 23.4 Å². The fraction of sp³-hybridized carbons (Fsp3) is 0.167.